The molecule has 0 spiro atoms. The average molecular weight is 1260 g/mol. The smallest absolute Gasteiger partial charge is 0.305 e. The van der Waals surface area contributed by atoms with Crippen molar-refractivity contribution in [2.75, 3.05) is 13.2 Å². The normalized spacial score (nSPS) is 12.8. The van der Waals surface area contributed by atoms with Crippen molar-refractivity contribution in [3.8, 4) is 0 Å². The lowest BCUT2D eigenvalue weighted by molar-refractivity contribution is -0.143. The van der Waals surface area contributed by atoms with Gasteiger partial charge in [0.25, 0.3) is 0 Å². The van der Waals surface area contributed by atoms with Gasteiger partial charge in [-0.25, -0.2) is 0 Å². The van der Waals surface area contributed by atoms with Crippen molar-refractivity contribution in [1.82, 2.24) is 5.32 Å². The van der Waals surface area contributed by atoms with Crippen LogP contribution in [0.4, 0.5) is 0 Å². The van der Waals surface area contributed by atoms with Crippen LogP contribution >= 0.6 is 0 Å². The third-order valence-electron chi connectivity index (χ3n) is 18.8. The molecular formula is C84H157NO5. The molecule has 0 radical (unpaired) electrons. The lowest BCUT2D eigenvalue weighted by Crippen LogP contribution is -2.45. The van der Waals surface area contributed by atoms with E-state index in [1.54, 1.807) is 6.08 Å². The van der Waals surface area contributed by atoms with Gasteiger partial charge in [0.05, 0.1) is 25.4 Å². The number of carbonyl (C=O) groups is 2. The molecule has 528 valence electrons. The van der Waals surface area contributed by atoms with Gasteiger partial charge >= 0.3 is 5.97 Å². The van der Waals surface area contributed by atoms with E-state index in [1.165, 1.54) is 353 Å². The molecule has 0 aromatic carbocycles. The monoisotopic (exact) mass is 1260 g/mol. The largest absolute Gasteiger partial charge is 0.466 e. The molecule has 0 heterocycles. The molecule has 0 rings (SSSR count). The topological polar surface area (TPSA) is 95.9 Å². The minimum atomic E-state index is -0.844. The highest BCUT2D eigenvalue weighted by Gasteiger charge is 2.18. The van der Waals surface area contributed by atoms with Gasteiger partial charge in [-0.3, -0.25) is 9.59 Å². The standard InChI is InChI=1S/C84H157NO5/c1-3-5-7-9-11-13-15-17-19-20-21-43-46-49-52-56-60-64-68-72-76-82(87)81(80-86)85-83(88)77-73-69-65-61-57-53-50-47-44-41-39-37-35-33-31-29-27-25-23-22-24-26-28-30-32-34-36-38-40-42-45-48-51-55-59-63-67-71-75-79-90-84(89)78-74-70-66-62-58-54-18-16-14-12-10-8-6-4-2/h10,12,16,18,22-23,26,28,72,76,81-82,86-87H,3-9,11,13-15,17,19-21,24-25,27,29-71,73-75,77-80H2,1-2H3,(H,85,88)/b12-10-,18-16-,23-22-,28-26-,76-72+. The summed E-state index contributed by atoms with van der Waals surface area (Å²) >= 11 is 0. The van der Waals surface area contributed by atoms with Gasteiger partial charge in [0.1, 0.15) is 0 Å². The van der Waals surface area contributed by atoms with E-state index in [0.29, 0.717) is 19.4 Å². The summed E-state index contributed by atoms with van der Waals surface area (Å²) in [5.41, 5.74) is 0. The van der Waals surface area contributed by atoms with Crippen LogP contribution in [0.25, 0.3) is 0 Å². The Bertz CT molecular complexity index is 1550. The van der Waals surface area contributed by atoms with E-state index in [9.17, 15) is 19.8 Å². The number of aliphatic hydroxyl groups is 2. The average Bonchev–Trinajstić information content (AvgIpc) is 3.68. The molecule has 1 amide bonds. The Balaban J connectivity index is 3.38. The van der Waals surface area contributed by atoms with Gasteiger partial charge in [-0.15, -0.1) is 0 Å². The lowest BCUT2D eigenvalue weighted by atomic mass is 10.0. The van der Waals surface area contributed by atoms with Crippen LogP contribution in [-0.2, 0) is 14.3 Å². The number of unbranched alkanes of at least 4 members (excludes halogenated alkanes) is 57. The van der Waals surface area contributed by atoms with Gasteiger partial charge in [0.2, 0.25) is 5.91 Å². The van der Waals surface area contributed by atoms with Crippen LogP contribution in [0.2, 0.25) is 0 Å². The first-order chi connectivity index (χ1) is 44.5. The first kappa shape index (κ1) is 87.6. The number of esters is 1. The number of amides is 1. The van der Waals surface area contributed by atoms with Crippen LogP contribution < -0.4 is 5.32 Å². The number of aliphatic hydroxyl groups excluding tert-OH is 2. The molecule has 0 aliphatic rings. The van der Waals surface area contributed by atoms with Crippen molar-refractivity contribution < 1.29 is 24.5 Å². The fraction of sp³-hybridized carbons (Fsp3) is 0.857. The number of nitrogens with one attached hydrogen (secondary N) is 1. The van der Waals surface area contributed by atoms with E-state index in [1.807, 2.05) is 6.08 Å². The zero-order valence-corrected chi connectivity index (χ0v) is 60.6. The van der Waals surface area contributed by atoms with Crippen molar-refractivity contribution in [3.05, 3.63) is 60.8 Å². The van der Waals surface area contributed by atoms with Crippen molar-refractivity contribution in [3.63, 3.8) is 0 Å². The summed E-state index contributed by atoms with van der Waals surface area (Å²) in [5, 5.41) is 23.3. The summed E-state index contributed by atoms with van der Waals surface area (Å²) < 4.78 is 5.49. The Labute approximate surface area is 562 Å². The van der Waals surface area contributed by atoms with Gasteiger partial charge in [-0.1, -0.05) is 396 Å². The Morgan fingerprint density at radius 2 is 0.567 bits per heavy atom. The summed E-state index contributed by atoms with van der Waals surface area (Å²) in [6.07, 6.45) is 106. The number of hydrogen-bond donors (Lipinski definition) is 3. The molecule has 0 aliphatic carbocycles. The molecule has 6 heteroatoms. The second-order valence-electron chi connectivity index (χ2n) is 27.7. The molecule has 0 aliphatic heterocycles. The van der Waals surface area contributed by atoms with E-state index in [-0.39, 0.29) is 18.5 Å². The fourth-order valence-electron chi connectivity index (χ4n) is 12.6. The van der Waals surface area contributed by atoms with Gasteiger partial charge in [0, 0.05) is 12.8 Å². The maximum Gasteiger partial charge on any atom is 0.305 e. The van der Waals surface area contributed by atoms with E-state index in [0.717, 1.165) is 57.8 Å². The number of carbonyl (C=O) groups excluding carboxylic acids is 2. The Morgan fingerprint density at radius 1 is 0.311 bits per heavy atom. The minimum absolute atomic E-state index is 0.00559. The van der Waals surface area contributed by atoms with Crippen LogP contribution in [0, 0.1) is 0 Å². The van der Waals surface area contributed by atoms with Crippen LogP contribution in [0.5, 0.6) is 0 Å². The Kier molecular flexibility index (Phi) is 76.9. The second kappa shape index (κ2) is 79.0. The summed E-state index contributed by atoms with van der Waals surface area (Å²) in [6, 6.07) is -0.627. The van der Waals surface area contributed by atoms with E-state index in [2.05, 4.69) is 67.8 Å². The van der Waals surface area contributed by atoms with Crippen molar-refractivity contribution >= 4 is 11.9 Å². The highest BCUT2D eigenvalue weighted by molar-refractivity contribution is 5.76. The molecule has 0 saturated heterocycles. The zero-order valence-electron chi connectivity index (χ0n) is 60.6. The zero-order chi connectivity index (χ0) is 64.9. The van der Waals surface area contributed by atoms with Crippen LogP contribution in [0.15, 0.2) is 60.8 Å². The van der Waals surface area contributed by atoms with Gasteiger partial charge < -0.3 is 20.3 Å². The summed E-state index contributed by atoms with van der Waals surface area (Å²) in [4.78, 5) is 24.6. The number of rotatable bonds is 76. The van der Waals surface area contributed by atoms with Gasteiger partial charge in [-0.2, -0.15) is 0 Å². The van der Waals surface area contributed by atoms with Crippen molar-refractivity contribution in [1.29, 1.82) is 0 Å². The number of ether oxygens (including phenoxy) is 1. The summed E-state index contributed by atoms with van der Waals surface area (Å²) in [7, 11) is 0. The first-order valence-electron chi connectivity index (χ1n) is 40.6. The fourth-order valence-corrected chi connectivity index (χ4v) is 12.6. The van der Waals surface area contributed by atoms with E-state index >= 15 is 0 Å². The Hall–Kier alpha value is -2.44. The third kappa shape index (κ3) is 74.6. The van der Waals surface area contributed by atoms with Crippen LogP contribution in [-0.4, -0.2) is 47.4 Å². The first-order valence-corrected chi connectivity index (χ1v) is 40.6. The van der Waals surface area contributed by atoms with Crippen LogP contribution in [0.3, 0.4) is 0 Å². The SMILES string of the molecule is CCCC/C=C\C/C=C\CCCCCCCC(=O)OCCCCCCCCCCCCCCCCC/C=C\C/C=C\CCCCCCCCCCCCCCCCCCCC(=O)NC(CO)C(O)/C=C/CCCCCCCCCCCCCCCCCCCC. The highest BCUT2D eigenvalue weighted by atomic mass is 16.5. The molecule has 0 bridgehead atoms. The third-order valence-corrected chi connectivity index (χ3v) is 18.8. The lowest BCUT2D eigenvalue weighted by Gasteiger charge is -2.20. The molecule has 0 saturated carbocycles. The molecular weight excluding hydrogens is 1100 g/mol. The molecule has 6 nitrogen and oxygen atoms in total. The minimum Gasteiger partial charge on any atom is -0.466 e. The quantitative estimate of drug-likeness (QED) is 0.0320. The maximum atomic E-state index is 12.5. The number of allylic oxidation sites excluding steroid dienone is 9. The predicted molar refractivity (Wildman–Crippen MR) is 398 cm³/mol. The molecule has 0 fully saturated rings. The summed E-state index contributed by atoms with van der Waals surface area (Å²) in [5.74, 6) is -0.0556. The van der Waals surface area contributed by atoms with E-state index < -0.39 is 12.1 Å². The van der Waals surface area contributed by atoms with Crippen LogP contribution in [0.1, 0.15) is 438 Å². The predicted octanol–water partition coefficient (Wildman–Crippen LogP) is 26.9. The van der Waals surface area contributed by atoms with Crippen molar-refractivity contribution in [2.45, 2.75) is 450 Å². The van der Waals surface area contributed by atoms with Crippen molar-refractivity contribution in [2.24, 2.45) is 0 Å². The summed E-state index contributed by atoms with van der Waals surface area (Å²) in [6.45, 7) is 4.90. The van der Waals surface area contributed by atoms with E-state index in [4.69, 9.17) is 4.74 Å². The van der Waals surface area contributed by atoms with Gasteiger partial charge in [-0.05, 0) is 89.9 Å². The van der Waals surface area contributed by atoms with Gasteiger partial charge in [0.15, 0.2) is 0 Å². The highest BCUT2D eigenvalue weighted by Crippen LogP contribution is 2.19. The molecule has 2 unspecified atom stereocenters. The molecule has 2 atom stereocenters. The molecule has 0 aromatic heterocycles. The second-order valence-corrected chi connectivity index (χ2v) is 27.7. The molecule has 0 aromatic rings. The molecule has 3 N–H and O–H groups in total. The number of hydrogen-bond acceptors (Lipinski definition) is 5. The molecule has 90 heavy (non-hydrogen) atoms. The Morgan fingerprint density at radius 3 is 0.878 bits per heavy atom. The maximum absolute atomic E-state index is 12.5.